The summed E-state index contributed by atoms with van der Waals surface area (Å²) in [7, 11) is 0. The minimum Gasteiger partial charge on any atom is -0.363 e. The van der Waals surface area contributed by atoms with E-state index in [4.69, 9.17) is 0 Å². The molecule has 3 atom stereocenters. The van der Waals surface area contributed by atoms with Crippen LogP contribution >= 0.6 is 0 Å². The molecule has 2 amide bonds. The molecule has 0 unspecified atom stereocenters. The third-order valence-electron chi connectivity index (χ3n) is 5.39. The van der Waals surface area contributed by atoms with Gasteiger partial charge in [-0.05, 0) is 24.0 Å². The summed E-state index contributed by atoms with van der Waals surface area (Å²) >= 11 is 0. The molecule has 5 nitrogen and oxygen atoms in total. The summed E-state index contributed by atoms with van der Waals surface area (Å²) in [6, 6.07) is 10.0. The predicted molar refractivity (Wildman–Crippen MR) is 105 cm³/mol. The van der Waals surface area contributed by atoms with E-state index in [9.17, 15) is 27.9 Å². The first-order valence-electron chi connectivity index (χ1n) is 9.52. The Morgan fingerprint density at radius 3 is 2.13 bits per heavy atom. The number of nitrogens with one attached hydrogen (secondary N) is 2. The number of amides is 2. The minimum atomic E-state index is -5.27. The molecule has 0 aliphatic carbocycles. The van der Waals surface area contributed by atoms with E-state index in [0.29, 0.717) is 5.56 Å². The van der Waals surface area contributed by atoms with Crippen LogP contribution in [0.1, 0.15) is 52.9 Å². The SMILES string of the molecule is Cc1ccc(C(=O)[C@@H]2[C@@H](c3ccc(C(C)C)cc3)NC(=O)N[C@]2(O)C(F)(F)F)cc1. The molecule has 3 N–H and O–H groups in total. The van der Waals surface area contributed by atoms with Gasteiger partial charge < -0.3 is 15.7 Å². The quantitative estimate of drug-likeness (QED) is 0.648. The standard InChI is InChI=1S/C22H23F3N2O3/c1-12(2)14-8-10-15(11-9-14)18-17(19(28)16-6-4-13(3)5-7-16)21(30,22(23,24)25)27-20(29)26-18/h4-12,17-18,30H,1-3H3,(H2,26,27,29)/t17-,18+,21+/m0/s1. The van der Waals surface area contributed by atoms with Gasteiger partial charge in [-0.3, -0.25) is 4.79 Å². The first kappa shape index (κ1) is 21.8. The number of Topliss-reactive ketones (excluding diaryl/α,β-unsaturated/α-hetero) is 1. The smallest absolute Gasteiger partial charge is 0.363 e. The molecule has 1 saturated heterocycles. The molecule has 160 valence electrons. The summed E-state index contributed by atoms with van der Waals surface area (Å²) in [4.78, 5) is 25.2. The maximum absolute atomic E-state index is 13.9. The van der Waals surface area contributed by atoms with Crippen molar-refractivity contribution in [1.29, 1.82) is 0 Å². The van der Waals surface area contributed by atoms with Gasteiger partial charge in [0.2, 0.25) is 5.72 Å². The van der Waals surface area contributed by atoms with E-state index < -0.39 is 35.7 Å². The number of hydrogen-bond donors (Lipinski definition) is 3. The molecular formula is C22H23F3N2O3. The van der Waals surface area contributed by atoms with Gasteiger partial charge in [-0.25, -0.2) is 4.79 Å². The number of aliphatic hydroxyl groups is 1. The van der Waals surface area contributed by atoms with E-state index in [0.717, 1.165) is 11.1 Å². The fraction of sp³-hybridized carbons (Fsp3) is 0.364. The first-order valence-corrected chi connectivity index (χ1v) is 9.52. The zero-order chi connectivity index (χ0) is 22.3. The number of urea groups is 1. The van der Waals surface area contributed by atoms with Crippen molar-refractivity contribution in [3.8, 4) is 0 Å². The molecule has 2 aromatic rings. The van der Waals surface area contributed by atoms with Crippen molar-refractivity contribution in [1.82, 2.24) is 10.6 Å². The topological polar surface area (TPSA) is 78.4 Å². The van der Waals surface area contributed by atoms with Gasteiger partial charge in [-0.2, -0.15) is 13.2 Å². The maximum Gasteiger partial charge on any atom is 0.437 e. The van der Waals surface area contributed by atoms with E-state index in [-0.39, 0.29) is 11.5 Å². The second kappa shape index (κ2) is 7.75. The van der Waals surface area contributed by atoms with Crippen molar-refractivity contribution in [3.63, 3.8) is 0 Å². The molecular weight excluding hydrogens is 397 g/mol. The monoisotopic (exact) mass is 420 g/mol. The highest BCUT2D eigenvalue weighted by molar-refractivity contribution is 6.00. The summed E-state index contributed by atoms with van der Waals surface area (Å²) < 4.78 is 41.7. The zero-order valence-electron chi connectivity index (χ0n) is 16.7. The van der Waals surface area contributed by atoms with Gasteiger partial charge in [-0.1, -0.05) is 67.9 Å². The summed E-state index contributed by atoms with van der Waals surface area (Å²) in [6.45, 7) is 5.71. The summed E-state index contributed by atoms with van der Waals surface area (Å²) in [5.41, 5.74) is -1.64. The van der Waals surface area contributed by atoms with Gasteiger partial charge in [0.15, 0.2) is 5.78 Å². The Labute approximate surface area is 172 Å². The van der Waals surface area contributed by atoms with Crippen molar-refractivity contribution >= 4 is 11.8 Å². The summed E-state index contributed by atoms with van der Waals surface area (Å²) in [5.74, 6) is -2.76. The van der Waals surface area contributed by atoms with Crippen LogP contribution in [-0.2, 0) is 0 Å². The number of carbonyl (C=O) groups is 2. The van der Waals surface area contributed by atoms with Gasteiger partial charge in [0, 0.05) is 5.56 Å². The van der Waals surface area contributed by atoms with Crippen LogP contribution < -0.4 is 10.6 Å². The Morgan fingerprint density at radius 2 is 1.63 bits per heavy atom. The van der Waals surface area contributed by atoms with Gasteiger partial charge in [0.1, 0.15) is 5.92 Å². The maximum atomic E-state index is 13.9. The van der Waals surface area contributed by atoms with Crippen LogP contribution in [0.5, 0.6) is 0 Å². The Morgan fingerprint density at radius 1 is 1.07 bits per heavy atom. The molecule has 0 spiro atoms. The Hall–Kier alpha value is -2.87. The van der Waals surface area contributed by atoms with Crippen molar-refractivity contribution in [3.05, 3.63) is 70.8 Å². The first-order chi connectivity index (χ1) is 13.9. The second-order valence-corrected chi connectivity index (χ2v) is 7.87. The fourth-order valence-corrected chi connectivity index (χ4v) is 3.60. The molecule has 30 heavy (non-hydrogen) atoms. The third kappa shape index (κ3) is 3.92. The van der Waals surface area contributed by atoms with Crippen molar-refractivity contribution < 1.29 is 27.9 Å². The number of rotatable bonds is 4. The summed E-state index contributed by atoms with van der Waals surface area (Å²) in [6.07, 6.45) is -5.27. The number of alkyl halides is 3. The van der Waals surface area contributed by atoms with Crippen LogP contribution in [0.3, 0.4) is 0 Å². The van der Waals surface area contributed by atoms with Crippen molar-refractivity contribution in [2.45, 2.75) is 44.6 Å². The molecule has 0 aromatic heterocycles. The Bertz CT molecular complexity index is 940. The van der Waals surface area contributed by atoms with E-state index in [1.165, 1.54) is 17.4 Å². The average molecular weight is 420 g/mol. The molecule has 1 fully saturated rings. The highest BCUT2D eigenvalue weighted by Gasteiger charge is 2.66. The number of benzene rings is 2. The van der Waals surface area contributed by atoms with Gasteiger partial charge in [0.05, 0.1) is 6.04 Å². The number of hydrogen-bond acceptors (Lipinski definition) is 3. The molecule has 3 rings (SSSR count). The molecule has 1 aliphatic rings. The zero-order valence-corrected chi connectivity index (χ0v) is 16.7. The van der Waals surface area contributed by atoms with E-state index in [1.807, 2.05) is 13.8 Å². The molecule has 1 aliphatic heterocycles. The van der Waals surface area contributed by atoms with E-state index in [1.54, 1.807) is 43.3 Å². The Balaban J connectivity index is 2.13. The van der Waals surface area contributed by atoms with Gasteiger partial charge in [-0.15, -0.1) is 0 Å². The Kier molecular flexibility index (Phi) is 5.64. The lowest BCUT2D eigenvalue weighted by atomic mass is 9.77. The van der Waals surface area contributed by atoms with Gasteiger partial charge in [0.25, 0.3) is 0 Å². The normalized spacial score (nSPS) is 24.3. The lowest BCUT2D eigenvalue weighted by molar-refractivity contribution is -0.287. The number of carbonyl (C=O) groups excluding carboxylic acids is 2. The predicted octanol–water partition coefficient (Wildman–Crippen LogP) is 4.22. The van der Waals surface area contributed by atoms with Crippen molar-refractivity contribution in [2.24, 2.45) is 5.92 Å². The van der Waals surface area contributed by atoms with Crippen LogP contribution in [-0.4, -0.2) is 28.8 Å². The van der Waals surface area contributed by atoms with E-state index in [2.05, 4.69) is 5.32 Å². The van der Waals surface area contributed by atoms with Crippen LogP contribution in [0.25, 0.3) is 0 Å². The highest BCUT2D eigenvalue weighted by atomic mass is 19.4. The molecule has 0 radical (unpaired) electrons. The second-order valence-electron chi connectivity index (χ2n) is 7.87. The average Bonchev–Trinajstić information content (AvgIpc) is 2.66. The third-order valence-corrected chi connectivity index (χ3v) is 5.39. The highest BCUT2D eigenvalue weighted by Crippen LogP contribution is 2.44. The molecule has 2 aromatic carbocycles. The minimum absolute atomic E-state index is 0.00928. The largest absolute Gasteiger partial charge is 0.437 e. The fourth-order valence-electron chi connectivity index (χ4n) is 3.60. The lowest BCUT2D eigenvalue weighted by Gasteiger charge is -2.45. The molecule has 0 bridgehead atoms. The summed E-state index contributed by atoms with van der Waals surface area (Å²) in [5, 5.41) is 14.5. The molecule has 0 saturated carbocycles. The molecule has 1 heterocycles. The van der Waals surface area contributed by atoms with E-state index >= 15 is 0 Å². The van der Waals surface area contributed by atoms with Crippen LogP contribution in [0.15, 0.2) is 48.5 Å². The van der Waals surface area contributed by atoms with Crippen molar-refractivity contribution in [2.75, 3.05) is 0 Å². The van der Waals surface area contributed by atoms with Gasteiger partial charge >= 0.3 is 12.2 Å². The number of ketones is 1. The van der Waals surface area contributed by atoms with Crippen LogP contribution in [0.4, 0.5) is 18.0 Å². The lowest BCUT2D eigenvalue weighted by Crippen LogP contribution is -2.72. The number of aryl methyl sites for hydroxylation is 1. The van der Waals surface area contributed by atoms with Crippen LogP contribution in [0.2, 0.25) is 0 Å². The molecule has 8 heteroatoms. The van der Waals surface area contributed by atoms with Crippen LogP contribution in [0, 0.1) is 12.8 Å². The number of halogens is 3.